The summed E-state index contributed by atoms with van der Waals surface area (Å²) in [5.74, 6) is 1.15. The number of benzene rings is 1. The van der Waals surface area contributed by atoms with Crippen LogP contribution in [0, 0.1) is 6.92 Å². The van der Waals surface area contributed by atoms with E-state index in [9.17, 15) is 0 Å². The van der Waals surface area contributed by atoms with E-state index in [2.05, 4.69) is 45.0 Å². The molecule has 3 aromatic rings. The molecule has 0 unspecified atom stereocenters. The molecular formula is C14H11BrClN3. The van der Waals surface area contributed by atoms with Gasteiger partial charge in [-0.15, -0.1) is 11.6 Å². The van der Waals surface area contributed by atoms with Gasteiger partial charge in [0, 0.05) is 10.7 Å². The van der Waals surface area contributed by atoms with Crippen LogP contribution in [0.3, 0.4) is 0 Å². The molecule has 5 heteroatoms. The number of halogens is 2. The summed E-state index contributed by atoms with van der Waals surface area (Å²) in [6, 6.07) is 10.1. The smallest absolute Gasteiger partial charge is 0.164 e. The van der Waals surface area contributed by atoms with Gasteiger partial charge < -0.3 is 0 Å². The van der Waals surface area contributed by atoms with Crippen LogP contribution in [0.1, 0.15) is 11.4 Å². The van der Waals surface area contributed by atoms with Gasteiger partial charge in [0.05, 0.1) is 11.6 Å². The summed E-state index contributed by atoms with van der Waals surface area (Å²) in [4.78, 5) is 9.01. The topological polar surface area (TPSA) is 30.7 Å². The predicted molar refractivity (Wildman–Crippen MR) is 80.9 cm³/mol. The van der Waals surface area contributed by atoms with Crippen LogP contribution in [0.5, 0.6) is 0 Å². The van der Waals surface area contributed by atoms with Crippen LogP contribution in [0.15, 0.2) is 41.0 Å². The second-order valence-corrected chi connectivity index (χ2v) is 5.46. The van der Waals surface area contributed by atoms with Crippen LogP contribution in [-0.4, -0.2) is 14.5 Å². The molecule has 0 aliphatic carbocycles. The molecule has 0 saturated heterocycles. The molecule has 0 atom stereocenters. The average molecular weight is 337 g/mol. The van der Waals surface area contributed by atoms with Crippen molar-refractivity contribution in [2.24, 2.45) is 0 Å². The third kappa shape index (κ3) is 2.15. The Balaban J connectivity index is 2.36. The average Bonchev–Trinajstić information content (AvgIpc) is 2.76. The Labute approximate surface area is 124 Å². The molecule has 0 bridgehead atoms. The number of nitrogens with zero attached hydrogens (tertiary/aromatic N) is 3. The molecule has 0 N–H and O–H groups in total. The Morgan fingerprint density at radius 2 is 2.11 bits per heavy atom. The predicted octanol–water partition coefficient (Wildman–Crippen LogP) is 4.23. The zero-order chi connectivity index (χ0) is 13.4. The zero-order valence-corrected chi connectivity index (χ0v) is 12.6. The van der Waals surface area contributed by atoms with E-state index in [0.29, 0.717) is 5.88 Å². The fourth-order valence-corrected chi connectivity index (χ4v) is 2.64. The first kappa shape index (κ1) is 12.6. The van der Waals surface area contributed by atoms with E-state index in [0.717, 1.165) is 32.7 Å². The van der Waals surface area contributed by atoms with Gasteiger partial charge >= 0.3 is 0 Å². The van der Waals surface area contributed by atoms with E-state index in [1.165, 1.54) is 0 Å². The second-order valence-electron chi connectivity index (χ2n) is 4.28. The van der Waals surface area contributed by atoms with Gasteiger partial charge in [0.25, 0.3) is 0 Å². The van der Waals surface area contributed by atoms with Crippen molar-refractivity contribution in [2.75, 3.05) is 0 Å². The number of imidazole rings is 1. The highest BCUT2D eigenvalue weighted by molar-refractivity contribution is 9.10. The SMILES string of the molecule is Cc1ccccc1-n1c(CCl)nc2cc(Br)cnc21. The first-order valence-corrected chi connectivity index (χ1v) is 7.18. The van der Waals surface area contributed by atoms with Crippen LogP contribution in [0.2, 0.25) is 0 Å². The first-order valence-electron chi connectivity index (χ1n) is 5.85. The van der Waals surface area contributed by atoms with Gasteiger partial charge in [-0.25, -0.2) is 9.97 Å². The van der Waals surface area contributed by atoms with Gasteiger partial charge in [0.15, 0.2) is 5.65 Å². The minimum Gasteiger partial charge on any atom is -0.279 e. The van der Waals surface area contributed by atoms with E-state index in [-0.39, 0.29) is 0 Å². The van der Waals surface area contributed by atoms with Crippen LogP contribution in [0.4, 0.5) is 0 Å². The molecule has 0 spiro atoms. The van der Waals surface area contributed by atoms with E-state index >= 15 is 0 Å². The van der Waals surface area contributed by atoms with Gasteiger partial charge in [0.2, 0.25) is 0 Å². The number of fused-ring (bicyclic) bond motifs is 1. The Kier molecular flexibility index (Phi) is 3.29. The van der Waals surface area contributed by atoms with E-state index < -0.39 is 0 Å². The van der Waals surface area contributed by atoms with Crippen LogP contribution >= 0.6 is 27.5 Å². The minimum absolute atomic E-state index is 0.350. The summed E-state index contributed by atoms with van der Waals surface area (Å²) in [6.45, 7) is 2.07. The molecule has 2 heterocycles. The lowest BCUT2D eigenvalue weighted by atomic mass is 10.2. The van der Waals surface area contributed by atoms with Crippen molar-refractivity contribution in [3.8, 4) is 5.69 Å². The van der Waals surface area contributed by atoms with E-state index in [1.807, 2.05) is 22.8 Å². The maximum atomic E-state index is 6.02. The summed E-state index contributed by atoms with van der Waals surface area (Å²) in [6.07, 6.45) is 1.77. The van der Waals surface area contributed by atoms with Crippen molar-refractivity contribution in [1.82, 2.24) is 14.5 Å². The number of hydrogen-bond acceptors (Lipinski definition) is 2. The Morgan fingerprint density at radius 1 is 1.32 bits per heavy atom. The Hall–Kier alpha value is -1.39. The van der Waals surface area contributed by atoms with Crippen molar-refractivity contribution in [3.63, 3.8) is 0 Å². The molecule has 2 aromatic heterocycles. The first-order chi connectivity index (χ1) is 9.20. The molecule has 0 saturated carbocycles. The van der Waals surface area contributed by atoms with Crippen molar-refractivity contribution < 1.29 is 0 Å². The summed E-state index contributed by atoms with van der Waals surface area (Å²) in [7, 11) is 0. The number of para-hydroxylation sites is 1. The monoisotopic (exact) mass is 335 g/mol. The molecule has 0 radical (unpaired) electrons. The molecule has 3 rings (SSSR count). The number of alkyl halides is 1. The number of hydrogen-bond donors (Lipinski definition) is 0. The van der Waals surface area contributed by atoms with Crippen molar-refractivity contribution in [2.45, 2.75) is 12.8 Å². The Bertz CT molecular complexity index is 752. The van der Waals surface area contributed by atoms with Gasteiger partial charge in [-0.3, -0.25) is 4.57 Å². The number of rotatable bonds is 2. The molecule has 1 aromatic carbocycles. The molecule has 0 aliphatic rings. The molecule has 0 amide bonds. The number of aromatic nitrogens is 3. The fraction of sp³-hybridized carbons (Fsp3) is 0.143. The van der Waals surface area contributed by atoms with E-state index in [1.54, 1.807) is 6.20 Å². The number of aryl methyl sites for hydroxylation is 1. The molecule has 3 nitrogen and oxygen atoms in total. The second kappa shape index (κ2) is 4.94. The highest BCUT2D eigenvalue weighted by atomic mass is 79.9. The zero-order valence-electron chi connectivity index (χ0n) is 10.3. The molecular weight excluding hydrogens is 326 g/mol. The largest absolute Gasteiger partial charge is 0.279 e. The Morgan fingerprint density at radius 3 is 2.84 bits per heavy atom. The highest BCUT2D eigenvalue weighted by Crippen LogP contribution is 2.25. The van der Waals surface area contributed by atoms with Gasteiger partial charge in [0.1, 0.15) is 11.3 Å². The third-order valence-corrected chi connectivity index (χ3v) is 3.68. The fourth-order valence-electron chi connectivity index (χ4n) is 2.14. The van der Waals surface area contributed by atoms with Crippen LogP contribution in [-0.2, 0) is 5.88 Å². The lowest BCUT2D eigenvalue weighted by Gasteiger charge is -2.09. The molecule has 0 fully saturated rings. The molecule has 0 aliphatic heterocycles. The highest BCUT2D eigenvalue weighted by Gasteiger charge is 2.14. The van der Waals surface area contributed by atoms with Crippen molar-refractivity contribution >= 4 is 38.7 Å². The van der Waals surface area contributed by atoms with Crippen LogP contribution < -0.4 is 0 Å². The van der Waals surface area contributed by atoms with E-state index in [4.69, 9.17) is 11.6 Å². The quantitative estimate of drug-likeness (QED) is 0.656. The van der Waals surface area contributed by atoms with Gasteiger partial charge in [-0.1, -0.05) is 18.2 Å². The van der Waals surface area contributed by atoms with Gasteiger partial charge in [-0.05, 0) is 40.5 Å². The standard InChI is InChI=1S/C14H11BrClN3/c1-9-4-2-3-5-12(9)19-13(7-16)18-11-6-10(15)8-17-14(11)19/h2-6,8H,7H2,1H3. The maximum absolute atomic E-state index is 6.02. The van der Waals surface area contributed by atoms with Crippen molar-refractivity contribution in [3.05, 3.63) is 52.4 Å². The lowest BCUT2D eigenvalue weighted by molar-refractivity contribution is 0.960. The number of pyridine rings is 1. The molecule has 96 valence electrons. The summed E-state index contributed by atoms with van der Waals surface area (Å²) >= 11 is 9.44. The third-order valence-electron chi connectivity index (χ3n) is 3.01. The normalized spacial score (nSPS) is 11.1. The lowest BCUT2D eigenvalue weighted by Crippen LogP contribution is -2.02. The summed E-state index contributed by atoms with van der Waals surface area (Å²) in [5.41, 5.74) is 3.90. The van der Waals surface area contributed by atoms with Crippen molar-refractivity contribution in [1.29, 1.82) is 0 Å². The summed E-state index contributed by atoms with van der Waals surface area (Å²) < 4.78 is 2.93. The molecule has 19 heavy (non-hydrogen) atoms. The minimum atomic E-state index is 0.350. The van der Waals surface area contributed by atoms with Gasteiger partial charge in [-0.2, -0.15) is 0 Å². The summed E-state index contributed by atoms with van der Waals surface area (Å²) in [5, 5.41) is 0. The van der Waals surface area contributed by atoms with Crippen LogP contribution in [0.25, 0.3) is 16.9 Å². The maximum Gasteiger partial charge on any atom is 0.164 e.